The molecule has 1 saturated heterocycles. The molecule has 6 nitrogen and oxygen atoms in total. The van der Waals surface area contributed by atoms with Gasteiger partial charge in [0.05, 0.1) is 5.75 Å². The van der Waals surface area contributed by atoms with Gasteiger partial charge in [-0.2, -0.15) is 0 Å². The first-order valence-electron chi connectivity index (χ1n) is 8.16. The fraction of sp³-hybridized carbons (Fsp3) is 0.529. The first-order chi connectivity index (χ1) is 11.4. The maximum absolute atomic E-state index is 12.8. The van der Waals surface area contributed by atoms with Gasteiger partial charge in [0.15, 0.2) is 9.84 Å². The summed E-state index contributed by atoms with van der Waals surface area (Å²) in [5.41, 5.74) is 0.898. The summed E-state index contributed by atoms with van der Waals surface area (Å²) in [6.07, 6.45) is 1.94. The van der Waals surface area contributed by atoms with E-state index in [2.05, 4.69) is 0 Å². The Morgan fingerprint density at radius 1 is 1.17 bits per heavy atom. The van der Waals surface area contributed by atoms with Gasteiger partial charge in [-0.05, 0) is 24.8 Å². The molecule has 2 rings (SSSR count). The van der Waals surface area contributed by atoms with Crippen molar-refractivity contribution in [3.05, 3.63) is 35.9 Å². The van der Waals surface area contributed by atoms with Gasteiger partial charge in [0.25, 0.3) is 0 Å². The van der Waals surface area contributed by atoms with Crippen LogP contribution in [0.2, 0.25) is 0 Å². The summed E-state index contributed by atoms with van der Waals surface area (Å²) in [5, 5.41) is 7.80. The van der Waals surface area contributed by atoms with E-state index in [9.17, 15) is 18.0 Å². The van der Waals surface area contributed by atoms with Crippen LogP contribution in [0.15, 0.2) is 30.3 Å². The molecule has 1 amide bonds. The van der Waals surface area contributed by atoms with E-state index in [0.717, 1.165) is 12.0 Å². The third-order valence-electron chi connectivity index (χ3n) is 4.20. The summed E-state index contributed by atoms with van der Waals surface area (Å²) in [7, 11) is -3.41. The Bertz CT molecular complexity index is 671. The number of carbonyl (C=O) groups is 2. The normalized spacial score (nSPS) is 19.6. The van der Waals surface area contributed by atoms with E-state index in [-0.39, 0.29) is 18.7 Å². The Kier molecular flexibility index (Phi) is 6.36. The Morgan fingerprint density at radius 3 is 2.50 bits per heavy atom. The fourth-order valence-corrected chi connectivity index (χ4v) is 4.80. The number of amides is 1. The molecule has 0 spiro atoms. The molecule has 0 saturated carbocycles. The van der Waals surface area contributed by atoms with Crippen LogP contribution < -0.4 is 0 Å². The van der Waals surface area contributed by atoms with E-state index in [0.29, 0.717) is 25.8 Å². The van der Waals surface area contributed by atoms with Crippen molar-refractivity contribution in [1.82, 2.24) is 4.90 Å². The zero-order valence-corrected chi connectivity index (χ0v) is 14.4. The predicted octanol–water partition coefficient (Wildman–Crippen LogP) is 1.85. The molecule has 1 N–H and O–H groups in total. The Morgan fingerprint density at radius 2 is 1.88 bits per heavy atom. The summed E-state index contributed by atoms with van der Waals surface area (Å²) in [6, 6.07) is 9.31. The number of benzene rings is 1. The SMILES string of the molecule is O=C(O)CCCN(Cc1ccccc1)C(=O)C1CCCCS1(=O)=O. The first kappa shape index (κ1) is 18.4. The van der Waals surface area contributed by atoms with Crippen LogP contribution in [0.1, 0.15) is 37.7 Å². The molecule has 132 valence electrons. The Balaban J connectivity index is 2.13. The molecule has 1 aromatic carbocycles. The van der Waals surface area contributed by atoms with E-state index in [1.54, 1.807) is 0 Å². The van der Waals surface area contributed by atoms with Gasteiger partial charge >= 0.3 is 5.97 Å². The van der Waals surface area contributed by atoms with Gasteiger partial charge in [-0.25, -0.2) is 8.42 Å². The lowest BCUT2D eigenvalue weighted by molar-refractivity contribution is -0.138. The number of carboxylic acids is 1. The number of aliphatic carboxylic acids is 1. The lowest BCUT2D eigenvalue weighted by Gasteiger charge is -2.29. The fourth-order valence-electron chi connectivity index (χ4n) is 2.93. The van der Waals surface area contributed by atoms with E-state index in [1.165, 1.54) is 4.90 Å². The summed E-state index contributed by atoms with van der Waals surface area (Å²) < 4.78 is 24.4. The highest BCUT2D eigenvalue weighted by molar-refractivity contribution is 7.92. The Hall–Kier alpha value is -1.89. The van der Waals surface area contributed by atoms with Gasteiger partial charge in [0, 0.05) is 19.5 Å². The van der Waals surface area contributed by atoms with Gasteiger partial charge in [0.1, 0.15) is 5.25 Å². The van der Waals surface area contributed by atoms with Crippen LogP contribution in [0, 0.1) is 0 Å². The minimum absolute atomic E-state index is 0.0456. The average molecular weight is 353 g/mol. The molecule has 1 heterocycles. The zero-order valence-electron chi connectivity index (χ0n) is 13.6. The second-order valence-corrected chi connectivity index (χ2v) is 8.40. The molecule has 24 heavy (non-hydrogen) atoms. The van der Waals surface area contributed by atoms with Crippen molar-refractivity contribution in [1.29, 1.82) is 0 Å². The van der Waals surface area contributed by atoms with Gasteiger partial charge in [-0.15, -0.1) is 0 Å². The van der Waals surface area contributed by atoms with Gasteiger partial charge in [-0.1, -0.05) is 36.8 Å². The summed E-state index contributed by atoms with van der Waals surface area (Å²) in [6.45, 7) is 0.539. The third kappa shape index (κ3) is 5.06. The van der Waals surface area contributed by atoms with Crippen molar-refractivity contribution < 1.29 is 23.1 Å². The van der Waals surface area contributed by atoms with Crippen molar-refractivity contribution in [3.63, 3.8) is 0 Å². The number of nitrogens with zero attached hydrogens (tertiary/aromatic N) is 1. The second-order valence-electron chi connectivity index (χ2n) is 6.09. The molecule has 1 fully saturated rings. The highest BCUT2D eigenvalue weighted by Gasteiger charge is 2.37. The molecular formula is C17H23NO5S. The molecular weight excluding hydrogens is 330 g/mol. The first-order valence-corrected chi connectivity index (χ1v) is 9.88. The number of hydrogen-bond donors (Lipinski definition) is 1. The van der Waals surface area contributed by atoms with E-state index >= 15 is 0 Å². The monoisotopic (exact) mass is 353 g/mol. The third-order valence-corrected chi connectivity index (χ3v) is 6.36. The highest BCUT2D eigenvalue weighted by Crippen LogP contribution is 2.22. The van der Waals surface area contributed by atoms with E-state index < -0.39 is 27.0 Å². The number of carbonyl (C=O) groups excluding carboxylic acids is 1. The molecule has 1 aliphatic rings. The minimum Gasteiger partial charge on any atom is -0.481 e. The summed E-state index contributed by atoms with van der Waals surface area (Å²) in [5.74, 6) is -1.27. The Labute approximate surface area is 142 Å². The summed E-state index contributed by atoms with van der Waals surface area (Å²) >= 11 is 0. The van der Waals surface area contributed by atoms with Crippen LogP contribution in [0.5, 0.6) is 0 Å². The predicted molar refractivity (Wildman–Crippen MR) is 90.2 cm³/mol. The molecule has 1 aliphatic heterocycles. The number of hydrogen-bond acceptors (Lipinski definition) is 4. The summed E-state index contributed by atoms with van der Waals surface area (Å²) in [4.78, 5) is 25.0. The zero-order chi connectivity index (χ0) is 17.6. The number of sulfone groups is 1. The average Bonchev–Trinajstić information content (AvgIpc) is 2.53. The van der Waals surface area contributed by atoms with E-state index in [1.807, 2.05) is 30.3 Å². The van der Waals surface area contributed by atoms with Gasteiger partial charge in [-0.3, -0.25) is 9.59 Å². The highest BCUT2D eigenvalue weighted by atomic mass is 32.2. The van der Waals surface area contributed by atoms with Crippen molar-refractivity contribution in [2.75, 3.05) is 12.3 Å². The topological polar surface area (TPSA) is 91.8 Å². The van der Waals surface area contributed by atoms with E-state index in [4.69, 9.17) is 5.11 Å². The van der Waals surface area contributed by atoms with Crippen LogP contribution in [0.25, 0.3) is 0 Å². The van der Waals surface area contributed by atoms with Gasteiger partial charge in [0.2, 0.25) is 5.91 Å². The molecule has 0 bridgehead atoms. The van der Waals surface area contributed by atoms with Crippen molar-refractivity contribution in [2.24, 2.45) is 0 Å². The van der Waals surface area contributed by atoms with Crippen molar-refractivity contribution >= 4 is 21.7 Å². The van der Waals surface area contributed by atoms with Gasteiger partial charge < -0.3 is 10.0 Å². The van der Waals surface area contributed by atoms with Crippen LogP contribution in [-0.2, 0) is 26.0 Å². The molecule has 7 heteroatoms. The lowest BCUT2D eigenvalue weighted by atomic mass is 10.1. The van der Waals surface area contributed by atoms with Crippen LogP contribution in [0.4, 0.5) is 0 Å². The quantitative estimate of drug-likeness (QED) is 0.808. The van der Waals surface area contributed by atoms with Crippen molar-refractivity contribution in [2.45, 2.75) is 43.9 Å². The molecule has 0 aromatic heterocycles. The largest absolute Gasteiger partial charge is 0.481 e. The molecule has 1 atom stereocenters. The molecule has 1 aromatic rings. The van der Waals surface area contributed by atoms with Crippen LogP contribution in [-0.4, -0.2) is 47.8 Å². The molecule has 1 unspecified atom stereocenters. The standard InChI is InChI=1S/C17H23NO5S/c19-16(20)10-6-11-18(13-14-7-2-1-3-8-14)17(21)15-9-4-5-12-24(15,22)23/h1-3,7-8,15H,4-6,9-13H2,(H,19,20). The van der Waals surface area contributed by atoms with Crippen LogP contribution in [0.3, 0.4) is 0 Å². The number of rotatable bonds is 7. The van der Waals surface area contributed by atoms with Crippen molar-refractivity contribution in [3.8, 4) is 0 Å². The second kappa shape index (κ2) is 8.28. The molecule has 0 radical (unpaired) electrons. The molecule has 0 aliphatic carbocycles. The lowest BCUT2D eigenvalue weighted by Crippen LogP contribution is -2.45. The maximum atomic E-state index is 12.8. The van der Waals surface area contributed by atoms with Crippen LogP contribution >= 0.6 is 0 Å². The number of carboxylic acid groups (broad SMARTS) is 1. The smallest absolute Gasteiger partial charge is 0.303 e. The minimum atomic E-state index is -3.41. The maximum Gasteiger partial charge on any atom is 0.303 e.